The number of aliphatic carboxylic acids is 1. The van der Waals surface area contributed by atoms with Crippen LogP contribution in [-0.4, -0.2) is 57.1 Å². The highest BCUT2D eigenvalue weighted by Crippen LogP contribution is 2.38. The van der Waals surface area contributed by atoms with Gasteiger partial charge < -0.3 is 19.9 Å². The largest absolute Gasteiger partial charge is 0.496 e. The second kappa shape index (κ2) is 11.8. The molecule has 1 aliphatic rings. The topological polar surface area (TPSA) is 105 Å². The van der Waals surface area contributed by atoms with Gasteiger partial charge in [-0.05, 0) is 60.2 Å². The van der Waals surface area contributed by atoms with Crippen molar-refractivity contribution < 1.29 is 27.8 Å². The third kappa shape index (κ3) is 6.12. The Morgan fingerprint density at radius 1 is 0.946 bits per heavy atom. The van der Waals surface area contributed by atoms with Crippen molar-refractivity contribution in [3.05, 3.63) is 77.9 Å². The van der Waals surface area contributed by atoms with Crippen LogP contribution in [0.1, 0.15) is 24.0 Å². The third-order valence-corrected chi connectivity index (χ3v) is 8.46. The number of methoxy groups -OCH3 is 2. The summed E-state index contributed by atoms with van der Waals surface area (Å²) in [7, 11) is -0.322. The molecule has 1 saturated heterocycles. The highest BCUT2D eigenvalue weighted by atomic mass is 32.2. The molecule has 0 saturated carbocycles. The molecule has 0 radical (unpaired) electrons. The molecule has 0 aliphatic carbocycles. The van der Waals surface area contributed by atoms with E-state index in [2.05, 4.69) is 5.32 Å². The Morgan fingerprint density at radius 3 is 2.16 bits per heavy atom. The van der Waals surface area contributed by atoms with Crippen molar-refractivity contribution in [2.75, 3.05) is 27.3 Å². The van der Waals surface area contributed by atoms with Crippen LogP contribution in [0.5, 0.6) is 11.5 Å². The van der Waals surface area contributed by atoms with Gasteiger partial charge in [0, 0.05) is 19.6 Å². The molecule has 2 N–H and O–H groups in total. The first-order chi connectivity index (χ1) is 17.8. The van der Waals surface area contributed by atoms with E-state index in [1.54, 1.807) is 38.5 Å². The summed E-state index contributed by atoms with van der Waals surface area (Å²) >= 11 is 0. The number of benzene rings is 3. The molecule has 9 heteroatoms. The molecule has 1 fully saturated rings. The lowest BCUT2D eigenvalue weighted by Crippen LogP contribution is -2.38. The van der Waals surface area contributed by atoms with Gasteiger partial charge >= 0.3 is 5.97 Å². The lowest BCUT2D eigenvalue weighted by molar-refractivity contribution is -0.139. The number of nitrogens with one attached hydrogen (secondary N) is 1. The third-order valence-electron chi connectivity index (χ3n) is 6.56. The molecular formula is C28H32N2O6S. The monoisotopic (exact) mass is 524 g/mol. The van der Waals surface area contributed by atoms with Gasteiger partial charge in [-0.2, -0.15) is 4.31 Å². The Morgan fingerprint density at radius 2 is 1.57 bits per heavy atom. The van der Waals surface area contributed by atoms with Crippen LogP contribution in [0.25, 0.3) is 11.1 Å². The van der Waals surface area contributed by atoms with Crippen LogP contribution >= 0.6 is 0 Å². The molecule has 3 aromatic carbocycles. The molecule has 3 aromatic rings. The van der Waals surface area contributed by atoms with E-state index in [0.717, 1.165) is 29.5 Å². The van der Waals surface area contributed by atoms with E-state index in [1.807, 2.05) is 42.5 Å². The molecule has 0 bridgehead atoms. The minimum atomic E-state index is -3.53. The molecule has 8 nitrogen and oxygen atoms in total. The van der Waals surface area contributed by atoms with Crippen molar-refractivity contribution in [3.8, 4) is 22.6 Å². The van der Waals surface area contributed by atoms with Crippen molar-refractivity contribution in [1.29, 1.82) is 0 Å². The van der Waals surface area contributed by atoms with Gasteiger partial charge in [-0.25, -0.2) is 8.42 Å². The summed E-state index contributed by atoms with van der Waals surface area (Å²) in [6.45, 7) is 1.31. The van der Waals surface area contributed by atoms with Crippen molar-refractivity contribution in [2.45, 2.75) is 36.7 Å². The summed E-state index contributed by atoms with van der Waals surface area (Å²) in [5.74, 6) is 0.397. The smallest absolute Gasteiger partial charge is 0.321 e. The molecule has 1 atom stereocenters. The van der Waals surface area contributed by atoms with E-state index in [0.29, 0.717) is 30.2 Å². The molecule has 0 aromatic heterocycles. The van der Waals surface area contributed by atoms with Crippen molar-refractivity contribution in [3.63, 3.8) is 0 Å². The molecule has 0 spiro atoms. The zero-order valence-corrected chi connectivity index (χ0v) is 21.8. The van der Waals surface area contributed by atoms with Crippen LogP contribution in [0.4, 0.5) is 0 Å². The minimum absolute atomic E-state index is 0.233. The number of rotatable bonds is 11. The Balaban J connectivity index is 1.45. The van der Waals surface area contributed by atoms with E-state index in [4.69, 9.17) is 9.47 Å². The number of carboxylic acid groups (broad SMARTS) is 1. The van der Waals surface area contributed by atoms with Crippen LogP contribution in [0.15, 0.2) is 71.6 Å². The second-order valence-corrected chi connectivity index (χ2v) is 10.9. The molecule has 1 aliphatic heterocycles. The lowest BCUT2D eigenvalue weighted by atomic mass is 9.99. The summed E-state index contributed by atoms with van der Waals surface area (Å²) in [5, 5.41) is 12.9. The first-order valence-corrected chi connectivity index (χ1v) is 13.6. The Labute approximate surface area is 217 Å². The standard InChI is InChI=1S/C28H32N2O6S/c1-35-25-9-6-10-26(36-2)27(25)22-13-11-20(12-14-22)18-24(28(31)32)29-19-21-7-5-8-23(17-21)37(33,34)30-15-3-4-16-30/h5-14,17,24,29H,3-4,15-16,18-19H2,1-2H3,(H,31,32)/t24-/m0/s1. The molecule has 196 valence electrons. The number of sulfonamides is 1. The average Bonchev–Trinajstić information content (AvgIpc) is 3.47. The van der Waals surface area contributed by atoms with E-state index in [-0.39, 0.29) is 17.9 Å². The van der Waals surface area contributed by atoms with Crippen LogP contribution in [0.2, 0.25) is 0 Å². The molecule has 1 heterocycles. The number of hydrogen-bond acceptors (Lipinski definition) is 6. The lowest BCUT2D eigenvalue weighted by Gasteiger charge is -2.18. The fourth-order valence-electron chi connectivity index (χ4n) is 4.56. The fraction of sp³-hybridized carbons (Fsp3) is 0.321. The zero-order chi connectivity index (χ0) is 26.4. The fourth-order valence-corrected chi connectivity index (χ4v) is 6.15. The maximum atomic E-state index is 12.9. The number of ether oxygens (including phenoxy) is 2. The van der Waals surface area contributed by atoms with Crippen LogP contribution in [0.3, 0.4) is 0 Å². The van der Waals surface area contributed by atoms with E-state index >= 15 is 0 Å². The first-order valence-electron chi connectivity index (χ1n) is 12.2. The van der Waals surface area contributed by atoms with Crippen molar-refractivity contribution >= 4 is 16.0 Å². The number of nitrogens with zero attached hydrogens (tertiary/aromatic N) is 1. The first kappa shape index (κ1) is 26.7. The molecule has 0 amide bonds. The summed E-state index contributed by atoms with van der Waals surface area (Å²) in [5.41, 5.74) is 3.29. The maximum absolute atomic E-state index is 12.9. The van der Waals surface area contributed by atoms with Gasteiger partial charge in [-0.15, -0.1) is 0 Å². The number of hydrogen-bond donors (Lipinski definition) is 2. The van der Waals surface area contributed by atoms with E-state index in [9.17, 15) is 18.3 Å². The molecule has 37 heavy (non-hydrogen) atoms. The van der Waals surface area contributed by atoms with Crippen molar-refractivity contribution in [2.24, 2.45) is 0 Å². The predicted molar refractivity (Wildman–Crippen MR) is 141 cm³/mol. The molecule has 4 rings (SSSR count). The summed E-state index contributed by atoms with van der Waals surface area (Å²) in [6.07, 6.45) is 2.01. The SMILES string of the molecule is COc1cccc(OC)c1-c1ccc(C[C@H](NCc2cccc(S(=O)(=O)N3CCCC3)c2)C(=O)O)cc1. The van der Waals surface area contributed by atoms with Gasteiger partial charge in [0.25, 0.3) is 0 Å². The van der Waals surface area contributed by atoms with Gasteiger partial charge in [0.05, 0.1) is 24.7 Å². The predicted octanol–water partition coefficient (Wildman–Crippen LogP) is 3.94. The zero-order valence-electron chi connectivity index (χ0n) is 21.0. The Bertz CT molecular complexity index is 1310. The second-order valence-electron chi connectivity index (χ2n) is 8.97. The quantitative estimate of drug-likeness (QED) is 0.391. The van der Waals surface area contributed by atoms with Gasteiger partial charge in [-0.1, -0.05) is 42.5 Å². The van der Waals surface area contributed by atoms with Crippen LogP contribution in [0, 0.1) is 0 Å². The van der Waals surface area contributed by atoms with Gasteiger partial charge in [-0.3, -0.25) is 4.79 Å². The highest BCUT2D eigenvalue weighted by Gasteiger charge is 2.27. The van der Waals surface area contributed by atoms with E-state index < -0.39 is 22.0 Å². The highest BCUT2D eigenvalue weighted by molar-refractivity contribution is 7.89. The molecular weight excluding hydrogens is 492 g/mol. The Hall–Kier alpha value is -3.40. The maximum Gasteiger partial charge on any atom is 0.321 e. The van der Waals surface area contributed by atoms with E-state index in [1.165, 1.54) is 4.31 Å². The summed E-state index contributed by atoms with van der Waals surface area (Å²) < 4.78 is 38.3. The summed E-state index contributed by atoms with van der Waals surface area (Å²) in [4.78, 5) is 12.2. The van der Waals surface area contributed by atoms with Gasteiger partial charge in [0.2, 0.25) is 10.0 Å². The minimum Gasteiger partial charge on any atom is -0.496 e. The average molecular weight is 525 g/mol. The summed E-state index contributed by atoms with van der Waals surface area (Å²) in [6, 6.07) is 19.1. The number of carboxylic acids is 1. The van der Waals surface area contributed by atoms with Gasteiger partial charge in [0.15, 0.2) is 0 Å². The Kier molecular flexibility index (Phi) is 8.48. The van der Waals surface area contributed by atoms with Crippen molar-refractivity contribution in [1.82, 2.24) is 9.62 Å². The number of carbonyl (C=O) groups is 1. The van der Waals surface area contributed by atoms with Gasteiger partial charge in [0.1, 0.15) is 17.5 Å². The van der Waals surface area contributed by atoms with Crippen LogP contribution < -0.4 is 14.8 Å². The van der Waals surface area contributed by atoms with Crippen LogP contribution in [-0.2, 0) is 27.8 Å². The normalized spacial score (nSPS) is 14.9. The molecule has 0 unspecified atom stereocenters.